The maximum atomic E-state index is 4.78. The number of aromatic nitrogens is 2. The molecule has 1 aromatic rings. The van der Waals surface area contributed by atoms with E-state index in [0.717, 1.165) is 11.0 Å². The first kappa shape index (κ1) is 13.3. The average Bonchev–Trinajstić information content (AvgIpc) is 2.94. The van der Waals surface area contributed by atoms with Gasteiger partial charge in [0.2, 0.25) is 5.13 Å². The van der Waals surface area contributed by atoms with Crippen molar-refractivity contribution in [3.05, 3.63) is 5.82 Å². The number of hydrogen-bond acceptors (Lipinski definition) is 5. The highest BCUT2D eigenvalue weighted by molar-refractivity contribution is 7.09. The van der Waals surface area contributed by atoms with E-state index in [1.807, 2.05) is 0 Å². The van der Waals surface area contributed by atoms with Crippen molar-refractivity contribution in [3.63, 3.8) is 0 Å². The molecule has 1 aromatic heterocycles. The van der Waals surface area contributed by atoms with Crippen molar-refractivity contribution in [2.75, 3.05) is 24.5 Å². The second kappa shape index (κ2) is 5.37. The van der Waals surface area contributed by atoms with E-state index in [-0.39, 0.29) is 0 Å². The molecular weight excluding hydrogens is 256 g/mol. The number of hydrogen-bond donors (Lipinski definition) is 0. The zero-order valence-electron chi connectivity index (χ0n) is 12.2. The summed E-state index contributed by atoms with van der Waals surface area (Å²) < 4.78 is 4.53. The minimum atomic E-state index is 0.432. The number of fused-ring (bicyclic) bond motifs is 2. The monoisotopic (exact) mass is 280 g/mol. The first-order valence-corrected chi connectivity index (χ1v) is 8.30. The number of rotatable bonds is 3. The molecule has 2 saturated heterocycles. The van der Waals surface area contributed by atoms with E-state index in [0.29, 0.717) is 18.0 Å². The van der Waals surface area contributed by atoms with Gasteiger partial charge in [-0.1, -0.05) is 20.8 Å². The lowest BCUT2D eigenvalue weighted by Gasteiger charge is -2.27. The zero-order valence-corrected chi connectivity index (χ0v) is 13.0. The quantitative estimate of drug-likeness (QED) is 0.852. The summed E-state index contributed by atoms with van der Waals surface area (Å²) >= 11 is 1.60. The number of likely N-dealkylation sites (tertiary alicyclic amines) is 1. The Hall–Kier alpha value is -0.680. The van der Waals surface area contributed by atoms with Crippen LogP contribution in [-0.2, 0) is 0 Å². The van der Waals surface area contributed by atoms with Crippen molar-refractivity contribution in [2.24, 2.45) is 0 Å². The fourth-order valence-electron chi connectivity index (χ4n) is 3.31. The zero-order chi connectivity index (χ0) is 13.4. The predicted molar refractivity (Wildman–Crippen MR) is 80.0 cm³/mol. The summed E-state index contributed by atoms with van der Waals surface area (Å²) in [5.74, 6) is 1.44. The van der Waals surface area contributed by atoms with E-state index < -0.39 is 0 Å². The summed E-state index contributed by atoms with van der Waals surface area (Å²) in [6, 6.07) is 1.34. The summed E-state index contributed by atoms with van der Waals surface area (Å²) in [5, 5.41) is 1.16. The van der Waals surface area contributed by atoms with Crippen LogP contribution in [0.2, 0.25) is 0 Å². The predicted octanol–water partition coefficient (Wildman–Crippen LogP) is 2.72. The van der Waals surface area contributed by atoms with Gasteiger partial charge in [-0.2, -0.15) is 4.37 Å². The van der Waals surface area contributed by atoms with Gasteiger partial charge in [0.05, 0.1) is 0 Å². The fourth-order valence-corrected chi connectivity index (χ4v) is 4.26. The lowest BCUT2D eigenvalue weighted by Crippen LogP contribution is -2.39. The van der Waals surface area contributed by atoms with E-state index in [2.05, 4.69) is 34.9 Å². The van der Waals surface area contributed by atoms with Crippen LogP contribution < -0.4 is 4.90 Å². The molecule has 2 unspecified atom stereocenters. The van der Waals surface area contributed by atoms with Crippen LogP contribution in [0.25, 0.3) is 0 Å². The van der Waals surface area contributed by atoms with Crippen molar-refractivity contribution < 1.29 is 0 Å². The Labute approximate surface area is 120 Å². The lowest BCUT2D eigenvalue weighted by molar-refractivity contribution is 0.273. The standard InChI is InChI=1S/C14H24N4S/c1-4-17-8-7-11-5-6-12(9-17)18(11)14-15-13(10(2)3)16-19-14/h10-12H,4-9H2,1-3H3. The largest absolute Gasteiger partial charge is 0.340 e. The molecule has 0 radical (unpaired) electrons. The summed E-state index contributed by atoms with van der Waals surface area (Å²) in [4.78, 5) is 9.95. The van der Waals surface area contributed by atoms with Gasteiger partial charge in [0.25, 0.3) is 0 Å². The average molecular weight is 280 g/mol. The summed E-state index contributed by atoms with van der Waals surface area (Å²) in [5.41, 5.74) is 0. The van der Waals surface area contributed by atoms with Gasteiger partial charge >= 0.3 is 0 Å². The van der Waals surface area contributed by atoms with Gasteiger partial charge in [-0.25, -0.2) is 4.98 Å². The van der Waals surface area contributed by atoms with Crippen LogP contribution >= 0.6 is 11.5 Å². The van der Waals surface area contributed by atoms with E-state index in [9.17, 15) is 0 Å². The molecule has 0 aromatic carbocycles. The first-order chi connectivity index (χ1) is 9.19. The van der Waals surface area contributed by atoms with E-state index >= 15 is 0 Å². The molecule has 0 spiro atoms. The second-order valence-corrected chi connectivity index (χ2v) is 6.79. The maximum Gasteiger partial charge on any atom is 0.205 e. The topological polar surface area (TPSA) is 32.3 Å². The van der Waals surface area contributed by atoms with Crippen LogP contribution in [0, 0.1) is 0 Å². The maximum absolute atomic E-state index is 4.78. The van der Waals surface area contributed by atoms with Crippen LogP contribution in [0.1, 0.15) is 51.8 Å². The lowest BCUT2D eigenvalue weighted by atomic mass is 10.1. The normalized spacial score (nSPS) is 28.1. The molecule has 5 heteroatoms. The first-order valence-electron chi connectivity index (χ1n) is 7.53. The van der Waals surface area contributed by atoms with Gasteiger partial charge in [0.1, 0.15) is 5.82 Å². The van der Waals surface area contributed by atoms with E-state index in [4.69, 9.17) is 4.98 Å². The Morgan fingerprint density at radius 2 is 2.05 bits per heavy atom. The third-order valence-corrected chi connectivity index (χ3v) is 5.23. The second-order valence-electron chi connectivity index (χ2n) is 6.06. The highest BCUT2D eigenvalue weighted by atomic mass is 32.1. The molecule has 2 fully saturated rings. The minimum Gasteiger partial charge on any atom is -0.340 e. The highest BCUT2D eigenvalue weighted by Crippen LogP contribution is 2.36. The van der Waals surface area contributed by atoms with Gasteiger partial charge in [0.15, 0.2) is 0 Å². The number of anilines is 1. The van der Waals surface area contributed by atoms with Gasteiger partial charge < -0.3 is 9.80 Å². The van der Waals surface area contributed by atoms with Gasteiger partial charge in [0, 0.05) is 42.6 Å². The van der Waals surface area contributed by atoms with Crippen LogP contribution in [0.4, 0.5) is 5.13 Å². The van der Waals surface area contributed by atoms with E-state index in [1.165, 1.54) is 38.9 Å². The molecule has 3 heterocycles. The van der Waals surface area contributed by atoms with Crippen molar-refractivity contribution in [2.45, 2.75) is 58.0 Å². The van der Waals surface area contributed by atoms with Crippen LogP contribution in [0.5, 0.6) is 0 Å². The molecule has 2 aliphatic heterocycles. The summed E-state index contributed by atoms with van der Waals surface area (Å²) in [6.07, 6.45) is 3.93. The van der Waals surface area contributed by atoms with Crippen LogP contribution in [-0.4, -0.2) is 46.0 Å². The Balaban J connectivity index is 1.82. The molecule has 3 rings (SSSR count). The van der Waals surface area contributed by atoms with Gasteiger partial charge in [-0.3, -0.25) is 0 Å². The molecule has 0 aliphatic carbocycles. The minimum absolute atomic E-state index is 0.432. The van der Waals surface area contributed by atoms with Crippen molar-refractivity contribution in [1.82, 2.24) is 14.3 Å². The van der Waals surface area contributed by atoms with Crippen LogP contribution in [0.3, 0.4) is 0 Å². The van der Waals surface area contributed by atoms with Crippen molar-refractivity contribution in [1.29, 1.82) is 0 Å². The smallest absolute Gasteiger partial charge is 0.205 e. The third kappa shape index (κ3) is 2.50. The Kier molecular flexibility index (Phi) is 3.76. The number of nitrogens with zero attached hydrogens (tertiary/aromatic N) is 4. The molecule has 0 amide bonds. The van der Waals surface area contributed by atoms with E-state index in [1.54, 1.807) is 11.5 Å². The SMILES string of the molecule is CCN1CCC2CCC(C1)N2c1nc(C(C)C)ns1. The molecule has 2 aliphatic rings. The molecule has 4 nitrogen and oxygen atoms in total. The Bertz CT molecular complexity index is 431. The Morgan fingerprint density at radius 1 is 1.26 bits per heavy atom. The summed E-state index contributed by atoms with van der Waals surface area (Å²) in [6.45, 7) is 10.2. The fraction of sp³-hybridized carbons (Fsp3) is 0.857. The Morgan fingerprint density at radius 3 is 2.74 bits per heavy atom. The molecule has 19 heavy (non-hydrogen) atoms. The van der Waals surface area contributed by atoms with Crippen LogP contribution in [0.15, 0.2) is 0 Å². The van der Waals surface area contributed by atoms with Gasteiger partial charge in [-0.15, -0.1) is 0 Å². The highest BCUT2D eigenvalue weighted by Gasteiger charge is 2.38. The van der Waals surface area contributed by atoms with Crippen molar-refractivity contribution >= 4 is 16.7 Å². The number of likely N-dealkylation sites (N-methyl/N-ethyl adjacent to an activating group) is 1. The summed E-state index contributed by atoms with van der Waals surface area (Å²) in [7, 11) is 0. The molecular formula is C14H24N4S. The van der Waals surface area contributed by atoms with Gasteiger partial charge in [-0.05, 0) is 25.8 Å². The molecule has 0 saturated carbocycles. The molecule has 2 bridgehead atoms. The third-order valence-electron chi connectivity index (χ3n) is 4.48. The van der Waals surface area contributed by atoms with Crippen molar-refractivity contribution in [3.8, 4) is 0 Å². The molecule has 0 N–H and O–H groups in total. The molecule has 2 atom stereocenters. The molecule has 106 valence electrons.